The van der Waals surface area contributed by atoms with Crippen LogP contribution in [0, 0.1) is 6.92 Å². The van der Waals surface area contributed by atoms with Gasteiger partial charge in [0.2, 0.25) is 5.91 Å². The molecule has 0 aliphatic carbocycles. The summed E-state index contributed by atoms with van der Waals surface area (Å²) < 4.78 is 3.22. The number of thiophene rings is 1. The lowest BCUT2D eigenvalue weighted by atomic mass is 10.1. The third kappa shape index (κ3) is 7.63. The molecule has 0 fully saturated rings. The Hall–Kier alpha value is -2.75. The number of nitrogens with zero attached hydrogens (tertiary/aromatic N) is 2. The lowest BCUT2D eigenvalue weighted by Crippen LogP contribution is -2.23. The van der Waals surface area contributed by atoms with Crippen molar-refractivity contribution in [3.8, 4) is 0 Å². The molecule has 2 aromatic heterocycles. The van der Waals surface area contributed by atoms with Crippen LogP contribution in [0.1, 0.15) is 47.2 Å². The second kappa shape index (κ2) is 13.2. The molecule has 0 saturated carbocycles. The van der Waals surface area contributed by atoms with Crippen LogP contribution < -0.4 is 10.9 Å². The van der Waals surface area contributed by atoms with E-state index in [1.165, 1.54) is 28.7 Å². The maximum Gasteiger partial charge on any atom is 0.272 e. The Morgan fingerprint density at radius 1 is 1.03 bits per heavy atom. The first-order chi connectivity index (χ1) is 17.9. The fraction of sp³-hybridized carbons (Fsp3) is 0.286. The first kappa shape index (κ1) is 27.3. The molecule has 2 heterocycles. The average Bonchev–Trinajstić information content (AvgIpc) is 3.37. The number of halogens is 1. The average molecular weight is 599 g/mol. The summed E-state index contributed by atoms with van der Waals surface area (Å²) in [7, 11) is 0. The van der Waals surface area contributed by atoms with Crippen molar-refractivity contribution in [1.29, 1.82) is 0 Å². The Morgan fingerprint density at radius 2 is 1.78 bits per heavy atom. The minimum Gasteiger partial charge on any atom is -0.352 e. The van der Waals surface area contributed by atoms with Crippen LogP contribution in [0.2, 0.25) is 0 Å². The predicted molar refractivity (Wildman–Crippen MR) is 155 cm³/mol. The van der Waals surface area contributed by atoms with Crippen LogP contribution in [0.4, 0.5) is 0 Å². The molecule has 0 atom stereocenters. The number of unbranched alkanes of at least 4 members (excludes halogenated alkanes) is 2. The molecule has 0 aliphatic heterocycles. The number of carbonyl (C=O) groups is 2. The number of ketones is 1. The van der Waals surface area contributed by atoms with Crippen molar-refractivity contribution >= 4 is 60.9 Å². The Balaban J connectivity index is 1.30. The van der Waals surface area contributed by atoms with Crippen molar-refractivity contribution in [3.05, 3.63) is 91.5 Å². The van der Waals surface area contributed by atoms with Gasteiger partial charge in [-0.2, -0.15) is 0 Å². The number of thioether (sulfide) groups is 1. The van der Waals surface area contributed by atoms with E-state index >= 15 is 0 Å². The van der Waals surface area contributed by atoms with Gasteiger partial charge in [-0.3, -0.25) is 19.0 Å². The van der Waals surface area contributed by atoms with Crippen molar-refractivity contribution in [3.63, 3.8) is 0 Å². The van der Waals surface area contributed by atoms with Gasteiger partial charge in [0.15, 0.2) is 10.9 Å². The number of hydrogen-bond acceptors (Lipinski definition) is 6. The van der Waals surface area contributed by atoms with Gasteiger partial charge in [0.25, 0.3) is 5.56 Å². The molecule has 1 N–H and O–H groups in total. The highest BCUT2D eigenvalue weighted by Gasteiger charge is 2.15. The number of amides is 1. The summed E-state index contributed by atoms with van der Waals surface area (Å²) in [6.45, 7) is 3.07. The van der Waals surface area contributed by atoms with Crippen LogP contribution >= 0.6 is 39.0 Å². The molecule has 0 unspecified atom stereocenters. The van der Waals surface area contributed by atoms with Crippen molar-refractivity contribution in [2.75, 3.05) is 5.75 Å². The molecule has 1 amide bonds. The Morgan fingerprint density at radius 3 is 2.54 bits per heavy atom. The van der Waals surface area contributed by atoms with Gasteiger partial charge >= 0.3 is 0 Å². The molecule has 2 aromatic carbocycles. The molecule has 0 aliphatic rings. The van der Waals surface area contributed by atoms with Crippen LogP contribution in [0.5, 0.6) is 0 Å². The van der Waals surface area contributed by atoms with Gasteiger partial charge in [0.1, 0.15) is 4.70 Å². The Labute approximate surface area is 232 Å². The van der Waals surface area contributed by atoms with Gasteiger partial charge in [-0.25, -0.2) is 4.98 Å². The molecule has 4 rings (SSSR count). The lowest BCUT2D eigenvalue weighted by Gasteiger charge is -2.12. The second-order valence-electron chi connectivity index (χ2n) is 8.78. The number of aromatic nitrogens is 2. The molecule has 0 bridgehead atoms. The summed E-state index contributed by atoms with van der Waals surface area (Å²) in [4.78, 5) is 42.7. The number of Topliss-reactive ketones (excluding diaryl/α,β-unsaturated/α-hetero) is 1. The van der Waals surface area contributed by atoms with E-state index in [-0.39, 0.29) is 23.0 Å². The van der Waals surface area contributed by atoms with Gasteiger partial charge in [-0.15, -0.1) is 11.3 Å². The highest BCUT2D eigenvalue weighted by molar-refractivity contribution is 9.10. The topological polar surface area (TPSA) is 81.1 Å². The molecular weight excluding hydrogens is 570 g/mol. The SMILES string of the molecule is Cc1ccc(CNC(=O)CCCCCn2c(SCC(=O)c3ccc(Br)cc3)nc3ccsc3c2=O)cc1. The minimum absolute atomic E-state index is 0.0136. The van der Waals surface area contributed by atoms with E-state index in [2.05, 4.69) is 26.2 Å². The molecule has 0 spiro atoms. The summed E-state index contributed by atoms with van der Waals surface area (Å²) >= 11 is 6.06. The molecule has 0 saturated heterocycles. The van der Waals surface area contributed by atoms with E-state index in [1.807, 2.05) is 54.8 Å². The fourth-order valence-electron chi connectivity index (χ4n) is 3.81. The number of nitrogens with one attached hydrogen (secondary N) is 1. The lowest BCUT2D eigenvalue weighted by molar-refractivity contribution is -0.121. The number of fused-ring (bicyclic) bond motifs is 1. The molecule has 192 valence electrons. The summed E-state index contributed by atoms with van der Waals surface area (Å²) in [5.41, 5.74) is 3.49. The smallest absolute Gasteiger partial charge is 0.272 e. The number of rotatable bonds is 12. The summed E-state index contributed by atoms with van der Waals surface area (Å²) in [6.07, 6.45) is 2.76. The zero-order valence-corrected chi connectivity index (χ0v) is 23.8. The third-order valence-electron chi connectivity index (χ3n) is 5.93. The highest BCUT2D eigenvalue weighted by atomic mass is 79.9. The minimum atomic E-state index is -0.0746. The van der Waals surface area contributed by atoms with Gasteiger partial charge in [0, 0.05) is 29.5 Å². The third-order valence-corrected chi connectivity index (χ3v) is 8.32. The van der Waals surface area contributed by atoms with Crippen molar-refractivity contribution in [2.45, 2.75) is 50.9 Å². The first-order valence-corrected chi connectivity index (χ1v) is 14.8. The number of aryl methyl sites for hydroxylation is 1. The molecule has 37 heavy (non-hydrogen) atoms. The van der Waals surface area contributed by atoms with Crippen LogP contribution in [-0.2, 0) is 17.9 Å². The van der Waals surface area contributed by atoms with Crippen molar-refractivity contribution < 1.29 is 9.59 Å². The maximum atomic E-state index is 13.1. The predicted octanol–water partition coefficient (Wildman–Crippen LogP) is 6.38. The number of carbonyl (C=O) groups excluding carboxylic acids is 2. The van der Waals surface area contributed by atoms with Gasteiger partial charge < -0.3 is 5.32 Å². The highest BCUT2D eigenvalue weighted by Crippen LogP contribution is 2.23. The van der Waals surface area contributed by atoms with Gasteiger partial charge in [0.05, 0.1) is 11.3 Å². The van der Waals surface area contributed by atoms with Crippen LogP contribution in [0.15, 0.2) is 74.4 Å². The quantitative estimate of drug-likeness (QED) is 0.0886. The summed E-state index contributed by atoms with van der Waals surface area (Å²) in [5.74, 6) is 0.215. The second-order valence-corrected chi connectivity index (χ2v) is 11.6. The first-order valence-electron chi connectivity index (χ1n) is 12.1. The standard InChI is InChI=1S/C28H28BrN3O3S2/c1-19-6-8-20(9-7-19)17-30-25(34)5-3-2-4-15-32-27(35)26-23(14-16-36-26)31-28(32)37-18-24(33)21-10-12-22(29)13-11-21/h6-14,16H,2-5,15,17-18H2,1H3,(H,30,34). The molecule has 9 heteroatoms. The number of hydrogen-bond donors (Lipinski definition) is 1. The monoisotopic (exact) mass is 597 g/mol. The van der Waals surface area contributed by atoms with Crippen LogP contribution in [0.25, 0.3) is 10.2 Å². The maximum absolute atomic E-state index is 13.1. The largest absolute Gasteiger partial charge is 0.352 e. The molecule has 4 aromatic rings. The van der Waals surface area contributed by atoms with E-state index in [0.29, 0.717) is 40.4 Å². The van der Waals surface area contributed by atoms with E-state index in [0.717, 1.165) is 29.3 Å². The zero-order valence-electron chi connectivity index (χ0n) is 20.5. The number of benzene rings is 2. The van der Waals surface area contributed by atoms with E-state index in [1.54, 1.807) is 16.7 Å². The van der Waals surface area contributed by atoms with Crippen LogP contribution in [-0.4, -0.2) is 27.0 Å². The van der Waals surface area contributed by atoms with E-state index in [4.69, 9.17) is 0 Å². The fourth-order valence-corrected chi connectivity index (χ4v) is 5.77. The van der Waals surface area contributed by atoms with Crippen molar-refractivity contribution in [1.82, 2.24) is 14.9 Å². The molecule has 6 nitrogen and oxygen atoms in total. The van der Waals surface area contributed by atoms with E-state index < -0.39 is 0 Å². The van der Waals surface area contributed by atoms with E-state index in [9.17, 15) is 14.4 Å². The van der Waals surface area contributed by atoms with Gasteiger partial charge in [-0.1, -0.05) is 76.1 Å². The normalized spacial score (nSPS) is 11.1. The summed E-state index contributed by atoms with van der Waals surface area (Å²) in [5, 5.41) is 5.38. The molecular formula is C28H28BrN3O3S2. The summed E-state index contributed by atoms with van der Waals surface area (Å²) in [6, 6.07) is 17.2. The Kier molecular flexibility index (Phi) is 9.71. The molecule has 0 radical (unpaired) electrons. The van der Waals surface area contributed by atoms with Crippen molar-refractivity contribution in [2.24, 2.45) is 0 Å². The Bertz CT molecular complexity index is 1430. The van der Waals surface area contributed by atoms with Gasteiger partial charge in [-0.05, 0) is 48.9 Å². The van der Waals surface area contributed by atoms with Crippen LogP contribution in [0.3, 0.4) is 0 Å². The zero-order chi connectivity index (χ0) is 26.2.